The second-order valence-electron chi connectivity index (χ2n) is 15.4. The van der Waals surface area contributed by atoms with Crippen LogP contribution in [0.3, 0.4) is 0 Å². The molecule has 0 aliphatic carbocycles. The average Bonchev–Trinajstić information content (AvgIpc) is 3.37. The number of aliphatic hydroxyl groups is 1. The maximum absolute atomic E-state index is 14.2. The second-order valence-corrected chi connectivity index (χ2v) is 15.4. The Labute approximate surface area is 379 Å². The number of hydrogen-bond donors (Lipinski definition) is 1. The summed E-state index contributed by atoms with van der Waals surface area (Å²) in [6.07, 6.45) is -15.0. The number of hydrogen-bond acceptors (Lipinski definition) is 15. The summed E-state index contributed by atoms with van der Waals surface area (Å²) in [4.78, 5) is 44.7. The second kappa shape index (κ2) is 22.6. The Hall–Kier alpha value is -6.50. The van der Waals surface area contributed by atoms with Gasteiger partial charge in [0.15, 0.2) is 37.2 Å². The molecule has 3 aliphatic heterocycles. The van der Waals surface area contributed by atoms with E-state index in [-0.39, 0.29) is 49.7 Å². The zero-order valence-electron chi connectivity index (χ0n) is 35.4. The summed E-state index contributed by atoms with van der Waals surface area (Å²) in [5.74, 6) is -2.45. The first-order valence-electron chi connectivity index (χ1n) is 21.3. The van der Waals surface area contributed by atoms with Crippen LogP contribution in [0.15, 0.2) is 157 Å². The van der Waals surface area contributed by atoms with Gasteiger partial charge in [0.25, 0.3) is 0 Å². The predicted molar refractivity (Wildman–Crippen MR) is 231 cm³/mol. The molecule has 0 aromatic heterocycles. The number of esters is 3. The average molecular weight is 902 g/mol. The first-order valence-corrected chi connectivity index (χ1v) is 21.3. The van der Waals surface area contributed by atoms with Crippen molar-refractivity contribution in [2.45, 2.75) is 74.3 Å². The molecule has 3 heterocycles. The fourth-order valence-corrected chi connectivity index (χ4v) is 7.73. The van der Waals surface area contributed by atoms with Crippen LogP contribution in [-0.2, 0) is 54.0 Å². The number of ether oxygens (including phenoxy) is 10. The summed E-state index contributed by atoms with van der Waals surface area (Å²) < 4.78 is 63.1. The largest absolute Gasteiger partial charge is 0.452 e. The van der Waals surface area contributed by atoms with Gasteiger partial charge in [-0.05, 0) is 47.5 Å². The molecule has 3 fully saturated rings. The van der Waals surface area contributed by atoms with Crippen LogP contribution in [0.1, 0.15) is 48.5 Å². The van der Waals surface area contributed by atoms with E-state index in [0.717, 1.165) is 5.56 Å². The standard InChI is InChI=1S/C49H47N3O14/c50-52-51-26-27-58-48-43(64-46(56)34-22-12-4-13-23-34)42(63-45(55)33-20-10-3-11-21-33)40(36(60-48)29-57-28-31-16-6-1-7-17-31)66-49-41(62-44(54)32-18-8-2-9-19-32)38(53)39-37(61-49)30-59-47(65-39)35-24-14-5-15-25-35/h1-25,36-43,47-49,53H,26-30H2. The normalized spacial score (nSPS) is 27.0. The van der Waals surface area contributed by atoms with Crippen molar-refractivity contribution < 1.29 is 66.9 Å². The van der Waals surface area contributed by atoms with Crippen LogP contribution in [-0.4, -0.2) is 111 Å². The number of aliphatic hydroxyl groups excluding tert-OH is 1. The highest BCUT2D eigenvalue weighted by Gasteiger charge is 2.57. The van der Waals surface area contributed by atoms with Gasteiger partial charge in [-0.25, -0.2) is 14.4 Å². The molecule has 3 aliphatic rings. The van der Waals surface area contributed by atoms with Crippen LogP contribution < -0.4 is 0 Å². The zero-order valence-corrected chi connectivity index (χ0v) is 35.4. The van der Waals surface area contributed by atoms with Crippen molar-refractivity contribution in [1.82, 2.24) is 0 Å². The molecule has 0 saturated carbocycles. The molecule has 0 spiro atoms. The molecule has 5 aromatic rings. The van der Waals surface area contributed by atoms with Crippen molar-refractivity contribution in [3.05, 3.63) is 190 Å². The van der Waals surface area contributed by atoms with Crippen molar-refractivity contribution in [3.8, 4) is 0 Å². The van der Waals surface area contributed by atoms with Crippen LogP contribution in [0.5, 0.6) is 0 Å². The topological polar surface area (TPSA) is 212 Å². The summed E-state index contributed by atoms with van der Waals surface area (Å²) >= 11 is 0. The van der Waals surface area contributed by atoms with Crippen LogP contribution in [0, 0.1) is 0 Å². The van der Waals surface area contributed by atoms with Gasteiger partial charge in [0.05, 0.1) is 43.1 Å². The van der Waals surface area contributed by atoms with E-state index in [4.69, 9.17) is 52.9 Å². The van der Waals surface area contributed by atoms with E-state index in [1.54, 1.807) is 91.0 Å². The van der Waals surface area contributed by atoms with E-state index in [0.29, 0.717) is 5.56 Å². The number of rotatable bonds is 17. The Bertz CT molecular complexity index is 2380. The molecule has 8 rings (SSSR count). The molecule has 0 amide bonds. The number of benzene rings is 5. The summed E-state index contributed by atoms with van der Waals surface area (Å²) in [7, 11) is 0. The van der Waals surface area contributed by atoms with Crippen LogP contribution in [0.4, 0.5) is 0 Å². The molecular formula is C49H47N3O14. The van der Waals surface area contributed by atoms with Gasteiger partial charge in [-0.2, -0.15) is 0 Å². The van der Waals surface area contributed by atoms with Gasteiger partial charge >= 0.3 is 17.9 Å². The lowest BCUT2D eigenvalue weighted by Crippen LogP contribution is -2.67. The zero-order chi connectivity index (χ0) is 45.7. The van der Waals surface area contributed by atoms with Crippen molar-refractivity contribution >= 4 is 17.9 Å². The molecule has 66 heavy (non-hydrogen) atoms. The van der Waals surface area contributed by atoms with Crippen molar-refractivity contribution in [1.29, 1.82) is 0 Å². The van der Waals surface area contributed by atoms with Gasteiger partial charge in [0.2, 0.25) is 0 Å². The Kier molecular flexibility index (Phi) is 15.8. The Morgan fingerprint density at radius 2 is 1.17 bits per heavy atom. The highest BCUT2D eigenvalue weighted by molar-refractivity contribution is 5.90. The third-order valence-corrected chi connectivity index (χ3v) is 11.0. The number of carbonyl (C=O) groups excluding carboxylic acids is 3. The number of fused-ring (bicyclic) bond motifs is 1. The smallest absolute Gasteiger partial charge is 0.338 e. The van der Waals surface area contributed by atoms with Gasteiger partial charge in [-0.3, -0.25) is 0 Å². The van der Waals surface area contributed by atoms with Crippen molar-refractivity contribution in [2.24, 2.45) is 5.11 Å². The number of azide groups is 1. The monoisotopic (exact) mass is 901 g/mol. The van der Waals surface area contributed by atoms with E-state index in [1.807, 2.05) is 60.7 Å². The van der Waals surface area contributed by atoms with Crippen molar-refractivity contribution in [2.75, 3.05) is 26.4 Å². The SMILES string of the molecule is [N-]=[N+]=NCCOC1OC(COCc2ccccc2)C(OC2OC3COC(c4ccccc4)OC3C(O)C2OC(=O)c2ccccc2)C(OC(=O)c2ccccc2)C1OC(=O)c1ccccc1. The minimum absolute atomic E-state index is 0.0733. The highest BCUT2D eigenvalue weighted by atomic mass is 16.8. The lowest BCUT2D eigenvalue weighted by atomic mass is 9.95. The Morgan fingerprint density at radius 3 is 1.74 bits per heavy atom. The van der Waals surface area contributed by atoms with E-state index >= 15 is 0 Å². The van der Waals surface area contributed by atoms with Gasteiger partial charge < -0.3 is 52.5 Å². The third-order valence-electron chi connectivity index (χ3n) is 11.0. The lowest BCUT2D eigenvalue weighted by Gasteiger charge is -2.50. The fourth-order valence-electron chi connectivity index (χ4n) is 7.73. The maximum Gasteiger partial charge on any atom is 0.338 e. The van der Waals surface area contributed by atoms with Gasteiger partial charge in [-0.1, -0.05) is 120 Å². The van der Waals surface area contributed by atoms with E-state index in [1.165, 1.54) is 0 Å². The number of carbonyl (C=O) groups is 3. The minimum Gasteiger partial charge on any atom is -0.452 e. The minimum atomic E-state index is -1.62. The van der Waals surface area contributed by atoms with E-state index in [2.05, 4.69) is 10.0 Å². The van der Waals surface area contributed by atoms with Crippen LogP contribution >= 0.6 is 0 Å². The molecule has 0 bridgehead atoms. The van der Waals surface area contributed by atoms with Gasteiger partial charge in [0.1, 0.15) is 30.5 Å². The Morgan fingerprint density at radius 1 is 0.636 bits per heavy atom. The first-order chi connectivity index (χ1) is 32.4. The maximum atomic E-state index is 14.2. The molecule has 342 valence electrons. The molecule has 17 nitrogen and oxygen atoms in total. The molecule has 0 radical (unpaired) electrons. The number of nitrogens with zero attached hydrogens (tertiary/aromatic N) is 3. The highest BCUT2D eigenvalue weighted by Crippen LogP contribution is 2.39. The van der Waals surface area contributed by atoms with Gasteiger partial charge in [-0.15, -0.1) is 0 Å². The van der Waals surface area contributed by atoms with Crippen LogP contribution in [0.2, 0.25) is 0 Å². The lowest BCUT2D eigenvalue weighted by molar-refractivity contribution is -0.384. The summed E-state index contributed by atoms with van der Waals surface area (Å²) in [5, 5.41) is 15.8. The summed E-state index contributed by atoms with van der Waals surface area (Å²) in [6.45, 7) is -0.502. The molecule has 1 N–H and O–H groups in total. The molecule has 3 saturated heterocycles. The molecule has 11 atom stereocenters. The fraction of sp³-hybridized carbons (Fsp3) is 0.327. The summed E-state index contributed by atoms with van der Waals surface area (Å²) in [5.41, 5.74) is 11.0. The van der Waals surface area contributed by atoms with Crippen molar-refractivity contribution in [3.63, 3.8) is 0 Å². The molecular weight excluding hydrogens is 855 g/mol. The molecule has 17 heteroatoms. The summed E-state index contributed by atoms with van der Waals surface area (Å²) in [6, 6.07) is 42.8. The van der Waals surface area contributed by atoms with E-state index in [9.17, 15) is 19.5 Å². The van der Waals surface area contributed by atoms with E-state index < -0.39 is 85.6 Å². The molecule has 5 aromatic carbocycles. The predicted octanol–water partition coefficient (Wildman–Crippen LogP) is 6.52. The van der Waals surface area contributed by atoms with Crippen LogP contribution in [0.25, 0.3) is 10.4 Å². The first kappa shape index (κ1) is 46.0. The third kappa shape index (κ3) is 11.5. The Balaban J connectivity index is 1.18. The van der Waals surface area contributed by atoms with Gasteiger partial charge in [0, 0.05) is 17.0 Å². The molecule has 11 unspecified atom stereocenters. The quantitative estimate of drug-likeness (QED) is 0.0263.